The Bertz CT molecular complexity index is 512. The molecular weight excluding hydrogens is 236 g/mol. The van der Waals surface area contributed by atoms with Crippen LogP contribution in [0.2, 0.25) is 5.02 Å². The third-order valence-corrected chi connectivity index (χ3v) is 2.29. The Morgan fingerprint density at radius 1 is 1.12 bits per heavy atom. The summed E-state index contributed by atoms with van der Waals surface area (Å²) in [6.07, 6.45) is 1.35. The summed E-state index contributed by atoms with van der Waals surface area (Å²) in [6.45, 7) is 2.69. The highest BCUT2D eigenvalue weighted by Gasteiger charge is 2.07. The van der Waals surface area contributed by atoms with E-state index in [2.05, 4.69) is 11.8 Å². The SMILES string of the molecule is CC(=O)C(=CC#Cc1ccc(Cl)cc1)C(C)=O. The van der Waals surface area contributed by atoms with E-state index < -0.39 is 0 Å². The van der Waals surface area contributed by atoms with Crippen molar-refractivity contribution in [1.29, 1.82) is 0 Å². The Balaban J connectivity index is 2.92. The fourth-order valence-electron chi connectivity index (χ4n) is 1.18. The molecule has 2 nitrogen and oxygen atoms in total. The molecule has 0 unspecified atom stereocenters. The van der Waals surface area contributed by atoms with Gasteiger partial charge in [0.25, 0.3) is 0 Å². The second kappa shape index (κ2) is 6.03. The molecule has 0 N–H and O–H groups in total. The number of rotatable bonds is 2. The maximum absolute atomic E-state index is 11.1. The van der Waals surface area contributed by atoms with Crippen molar-refractivity contribution in [3.63, 3.8) is 0 Å². The molecule has 3 heteroatoms. The van der Waals surface area contributed by atoms with Gasteiger partial charge in [-0.05, 0) is 38.1 Å². The van der Waals surface area contributed by atoms with Crippen LogP contribution >= 0.6 is 11.6 Å². The predicted octanol–water partition coefficient (Wildman–Crippen LogP) is 2.80. The number of benzene rings is 1. The highest BCUT2D eigenvalue weighted by Crippen LogP contribution is 2.08. The first-order valence-corrected chi connectivity index (χ1v) is 5.37. The molecule has 17 heavy (non-hydrogen) atoms. The van der Waals surface area contributed by atoms with Crippen molar-refractivity contribution >= 4 is 23.2 Å². The summed E-state index contributed by atoms with van der Waals surface area (Å²) >= 11 is 5.73. The largest absolute Gasteiger partial charge is 0.294 e. The third-order valence-electron chi connectivity index (χ3n) is 2.04. The number of carbonyl (C=O) groups is 2. The van der Waals surface area contributed by atoms with Gasteiger partial charge in [0.15, 0.2) is 11.6 Å². The number of allylic oxidation sites excluding steroid dienone is 2. The highest BCUT2D eigenvalue weighted by molar-refractivity contribution is 6.30. The fourth-order valence-corrected chi connectivity index (χ4v) is 1.30. The minimum absolute atomic E-state index is 0.117. The topological polar surface area (TPSA) is 34.1 Å². The van der Waals surface area contributed by atoms with Crippen LogP contribution in [-0.2, 0) is 9.59 Å². The van der Waals surface area contributed by atoms with Gasteiger partial charge in [-0.2, -0.15) is 0 Å². The summed E-state index contributed by atoms with van der Waals surface area (Å²) < 4.78 is 0. The lowest BCUT2D eigenvalue weighted by Gasteiger charge is -1.93. The molecule has 86 valence electrons. The molecule has 1 aromatic rings. The molecule has 0 aliphatic carbocycles. The van der Waals surface area contributed by atoms with Crippen molar-refractivity contribution in [2.24, 2.45) is 0 Å². The van der Waals surface area contributed by atoms with Gasteiger partial charge < -0.3 is 0 Å². The molecule has 0 radical (unpaired) electrons. The maximum Gasteiger partial charge on any atom is 0.164 e. The Hall–Kier alpha value is -1.85. The molecule has 0 heterocycles. The second-order valence-electron chi connectivity index (χ2n) is 3.45. The molecule has 0 saturated heterocycles. The fraction of sp³-hybridized carbons (Fsp3) is 0.143. The predicted molar refractivity (Wildman–Crippen MR) is 67.8 cm³/mol. The molecule has 1 rings (SSSR count). The van der Waals surface area contributed by atoms with Crippen molar-refractivity contribution in [2.45, 2.75) is 13.8 Å². The lowest BCUT2D eigenvalue weighted by atomic mass is 10.1. The van der Waals surface area contributed by atoms with Gasteiger partial charge in [0.1, 0.15) is 0 Å². The first-order chi connectivity index (χ1) is 8.00. The van der Waals surface area contributed by atoms with Crippen LogP contribution < -0.4 is 0 Å². The van der Waals surface area contributed by atoms with Crippen LogP contribution in [0.4, 0.5) is 0 Å². The number of carbonyl (C=O) groups excluding carboxylic acids is 2. The molecular formula is C14H11ClO2. The maximum atomic E-state index is 11.1. The zero-order chi connectivity index (χ0) is 12.8. The summed E-state index contributed by atoms with van der Waals surface area (Å²) in [6, 6.07) is 6.99. The van der Waals surface area contributed by atoms with Gasteiger partial charge in [0, 0.05) is 16.7 Å². The first-order valence-electron chi connectivity index (χ1n) is 5.00. The zero-order valence-corrected chi connectivity index (χ0v) is 10.3. The molecule has 0 saturated carbocycles. The van der Waals surface area contributed by atoms with Crippen LogP contribution in [-0.4, -0.2) is 11.6 Å². The average Bonchev–Trinajstić information content (AvgIpc) is 2.25. The lowest BCUT2D eigenvalue weighted by Crippen LogP contribution is -2.05. The molecule has 0 aliphatic heterocycles. The minimum Gasteiger partial charge on any atom is -0.294 e. The normalized spacial score (nSPS) is 8.88. The second-order valence-corrected chi connectivity index (χ2v) is 3.88. The van der Waals surface area contributed by atoms with E-state index >= 15 is 0 Å². The van der Waals surface area contributed by atoms with Crippen LogP contribution in [0, 0.1) is 11.8 Å². The summed E-state index contributed by atoms with van der Waals surface area (Å²) in [4.78, 5) is 22.2. The first kappa shape index (κ1) is 13.2. The molecule has 0 bridgehead atoms. The van der Waals surface area contributed by atoms with E-state index in [0.29, 0.717) is 5.02 Å². The lowest BCUT2D eigenvalue weighted by molar-refractivity contribution is -0.119. The van der Waals surface area contributed by atoms with Crippen LogP contribution in [0.5, 0.6) is 0 Å². The van der Waals surface area contributed by atoms with Gasteiger partial charge in [-0.25, -0.2) is 0 Å². The Kier molecular flexibility index (Phi) is 4.68. The van der Waals surface area contributed by atoms with E-state index in [-0.39, 0.29) is 17.1 Å². The quantitative estimate of drug-likeness (QED) is 0.348. The summed E-state index contributed by atoms with van der Waals surface area (Å²) in [5.41, 5.74) is 0.892. The Morgan fingerprint density at radius 2 is 1.65 bits per heavy atom. The monoisotopic (exact) mass is 246 g/mol. The number of hydrogen-bond acceptors (Lipinski definition) is 2. The van der Waals surface area contributed by atoms with Gasteiger partial charge in [0.2, 0.25) is 0 Å². The van der Waals surface area contributed by atoms with Crippen LogP contribution in [0.15, 0.2) is 35.9 Å². The van der Waals surface area contributed by atoms with Crippen LogP contribution in [0.25, 0.3) is 0 Å². The average molecular weight is 247 g/mol. The van der Waals surface area contributed by atoms with Gasteiger partial charge in [-0.15, -0.1) is 0 Å². The van der Waals surface area contributed by atoms with Crippen molar-refractivity contribution in [3.05, 3.63) is 46.5 Å². The van der Waals surface area contributed by atoms with E-state index in [1.165, 1.54) is 19.9 Å². The van der Waals surface area contributed by atoms with Gasteiger partial charge in [-0.3, -0.25) is 9.59 Å². The van der Waals surface area contributed by atoms with Crippen molar-refractivity contribution < 1.29 is 9.59 Å². The molecule has 0 aliphatic rings. The summed E-state index contributed by atoms with van der Waals surface area (Å²) in [7, 11) is 0. The van der Waals surface area contributed by atoms with Gasteiger partial charge in [0.05, 0.1) is 5.57 Å². The van der Waals surface area contributed by atoms with Gasteiger partial charge >= 0.3 is 0 Å². The van der Waals surface area contributed by atoms with Gasteiger partial charge in [-0.1, -0.05) is 23.4 Å². The molecule has 0 atom stereocenters. The molecule has 0 spiro atoms. The van der Waals surface area contributed by atoms with Crippen molar-refractivity contribution in [2.75, 3.05) is 0 Å². The smallest absolute Gasteiger partial charge is 0.164 e. The number of Topliss-reactive ketones (excluding diaryl/α,β-unsaturated/α-hetero) is 2. The third kappa shape index (κ3) is 4.26. The van der Waals surface area contributed by atoms with E-state index in [1.54, 1.807) is 24.3 Å². The standard InChI is InChI=1S/C14H11ClO2/c1-10(16)14(11(2)17)5-3-4-12-6-8-13(15)9-7-12/h5-9H,1-2H3. The summed E-state index contributed by atoms with van der Waals surface area (Å²) in [5, 5.41) is 0.638. The van der Waals surface area contributed by atoms with Crippen molar-refractivity contribution in [1.82, 2.24) is 0 Å². The highest BCUT2D eigenvalue weighted by atomic mass is 35.5. The molecule has 0 aromatic heterocycles. The number of hydrogen-bond donors (Lipinski definition) is 0. The van der Waals surface area contributed by atoms with E-state index in [0.717, 1.165) is 5.56 Å². The van der Waals surface area contributed by atoms with Crippen LogP contribution in [0.1, 0.15) is 19.4 Å². The van der Waals surface area contributed by atoms with E-state index in [9.17, 15) is 9.59 Å². The summed E-state index contributed by atoms with van der Waals surface area (Å²) in [5.74, 6) is 4.96. The van der Waals surface area contributed by atoms with E-state index in [1.807, 2.05) is 0 Å². The van der Waals surface area contributed by atoms with Crippen LogP contribution in [0.3, 0.4) is 0 Å². The molecule has 0 amide bonds. The Labute approximate surface area is 105 Å². The number of halogens is 1. The van der Waals surface area contributed by atoms with E-state index in [4.69, 9.17) is 11.6 Å². The zero-order valence-electron chi connectivity index (χ0n) is 9.58. The molecule has 0 fully saturated rings. The minimum atomic E-state index is -0.275. The molecule has 1 aromatic carbocycles. The van der Waals surface area contributed by atoms with Crippen molar-refractivity contribution in [3.8, 4) is 11.8 Å². The Morgan fingerprint density at radius 3 is 2.12 bits per heavy atom. The number of ketones is 2.